The first-order valence-corrected chi connectivity index (χ1v) is 8.59. The Hall–Kier alpha value is -1.82. The highest BCUT2D eigenvalue weighted by Crippen LogP contribution is 2.23. The van der Waals surface area contributed by atoms with Crippen LogP contribution in [0.5, 0.6) is 0 Å². The normalized spacial score (nSPS) is 13.1. The largest absolute Gasteiger partial charge is 0.351 e. The molecule has 1 aromatic heterocycles. The molecule has 0 saturated carbocycles. The van der Waals surface area contributed by atoms with Crippen LogP contribution in [0.15, 0.2) is 34.2 Å². The highest BCUT2D eigenvalue weighted by Gasteiger charge is 2.22. The van der Waals surface area contributed by atoms with E-state index in [0.29, 0.717) is 22.6 Å². The summed E-state index contributed by atoms with van der Waals surface area (Å²) in [6, 6.07) is 7.29. The Morgan fingerprint density at radius 2 is 2.00 bits per heavy atom. The van der Waals surface area contributed by atoms with E-state index in [2.05, 4.69) is 10.3 Å². The number of rotatable bonds is 4. The maximum Gasteiger partial charge on any atom is 0.262 e. The van der Waals surface area contributed by atoms with Gasteiger partial charge in [-0.2, -0.15) is 0 Å². The van der Waals surface area contributed by atoms with E-state index in [1.54, 1.807) is 10.6 Å². The van der Waals surface area contributed by atoms with Gasteiger partial charge in [0.25, 0.3) is 5.56 Å². The molecule has 0 bridgehead atoms. The van der Waals surface area contributed by atoms with Gasteiger partial charge in [0, 0.05) is 12.1 Å². The minimum atomic E-state index is -0.333. The fourth-order valence-electron chi connectivity index (χ4n) is 2.20. The Bertz CT molecular complexity index is 777. The van der Waals surface area contributed by atoms with E-state index in [0.717, 1.165) is 0 Å². The van der Waals surface area contributed by atoms with Crippen molar-refractivity contribution < 1.29 is 4.79 Å². The van der Waals surface area contributed by atoms with Crippen molar-refractivity contribution in [3.05, 3.63) is 34.6 Å². The molecule has 124 valence electrons. The van der Waals surface area contributed by atoms with E-state index in [1.165, 1.54) is 11.8 Å². The highest BCUT2D eigenvalue weighted by atomic mass is 32.2. The monoisotopic (exact) mass is 333 g/mol. The average Bonchev–Trinajstić information content (AvgIpc) is 2.46. The molecular weight excluding hydrogens is 310 g/mol. The minimum Gasteiger partial charge on any atom is -0.351 e. The number of para-hydroxylation sites is 1. The molecule has 0 aliphatic carbocycles. The number of carbonyl (C=O) groups is 1. The lowest BCUT2D eigenvalue weighted by atomic mass is 10.1. The van der Waals surface area contributed by atoms with Crippen molar-refractivity contribution in [1.29, 1.82) is 0 Å². The fraction of sp³-hybridized carbons (Fsp3) is 0.471. The zero-order valence-corrected chi connectivity index (χ0v) is 15.0. The van der Waals surface area contributed by atoms with Gasteiger partial charge in [-0.15, -0.1) is 0 Å². The molecule has 0 saturated heterocycles. The number of thioether (sulfide) groups is 1. The lowest BCUT2D eigenvalue weighted by Gasteiger charge is -2.23. The summed E-state index contributed by atoms with van der Waals surface area (Å²) >= 11 is 1.31. The molecule has 23 heavy (non-hydrogen) atoms. The summed E-state index contributed by atoms with van der Waals surface area (Å²) in [5, 5.41) is 3.80. The Labute approximate surface area is 140 Å². The van der Waals surface area contributed by atoms with Crippen LogP contribution in [0.2, 0.25) is 0 Å². The van der Waals surface area contributed by atoms with Crippen LogP contribution in [0.4, 0.5) is 0 Å². The first-order valence-electron chi connectivity index (χ1n) is 7.71. The number of amides is 1. The van der Waals surface area contributed by atoms with Gasteiger partial charge in [0.05, 0.1) is 16.2 Å². The van der Waals surface area contributed by atoms with Crippen molar-refractivity contribution in [2.45, 2.75) is 57.1 Å². The molecule has 0 aliphatic rings. The zero-order chi connectivity index (χ0) is 17.2. The van der Waals surface area contributed by atoms with Crippen LogP contribution in [0.25, 0.3) is 10.9 Å². The minimum absolute atomic E-state index is 0.0624. The van der Waals surface area contributed by atoms with E-state index >= 15 is 0 Å². The molecule has 1 atom stereocenters. The Morgan fingerprint density at radius 1 is 1.35 bits per heavy atom. The number of aromatic nitrogens is 2. The molecule has 0 aliphatic heterocycles. The number of fused-ring (bicyclic) bond motifs is 1. The summed E-state index contributed by atoms with van der Waals surface area (Å²) in [7, 11) is 0. The molecular formula is C17H23N3O2S. The number of nitrogens with one attached hydrogen (secondary N) is 1. The van der Waals surface area contributed by atoms with Crippen LogP contribution < -0.4 is 10.9 Å². The van der Waals surface area contributed by atoms with Crippen LogP contribution in [-0.4, -0.2) is 26.2 Å². The molecule has 6 heteroatoms. The molecule has 1 N–H and O–H groups in total. The van der Waals surface area contributed by atoms with E-state index in [-0.39, 0.29) is 22.3 Å². The molecule has 1 amide bonds. The van der Waals surface area contributed by atoms with Crippen LogP contribution in [-0.2, 0) is 11.3 Å². The Morgan fingerprint density at radius 3 is 2.61 bits per heavy atom. The summed E-state index contributed by atoms with van der Waals surface area (Å²) in [4.78, 5) is 29.4. The van der Waals surface area contributed by atoms with E-state index < -0.39 is 0 Å². The van der Waals surface area contributed by atoms with Gasteiger partial charge in [-0.25, -0.2) is 4.98 Å². The summed E-state index contributed by atoms with van der Waals surface area (Å²) in [5.41, 5.74) is 0.310. The standard InChI is InChI=1S/C17H23N3O2S/c1-6-20-15(22)12-9-7-8-10-13(12)18-16(20)23-11(2)14(21)19-17(3,4)5/h7-11H,6H2,1-5H3,(H,19,21). The van der Waals surface area contributed by atoms with Crippen molar-refractivity contribution in [3.63, 3.8) is 0 Å². The van der Waals surface area contributed by atoms with Crippen LogP contribution in [0, 0.1) is 0 Å². The van der Waals surface area contributed by atoms with Crippen molar-refractivity contribution in [1.82, 2.24) is 14.9 Å². The highest BCUT2D eigenvalue weighted by molar-refractivity contribution is 8.00. The van der Waals surface area contributed by atoms with Gasteiger partial charge >= 0.3 is 0 Å². The maximum atomic E-state index is 12.6. The predicted octanol–water partition coefficient (Wildman–Crippen LogP) is 2.81. The zero-order valence-electron chi connectivity index (χ0n) is 14.2. The van der Waals surface area contributed by atoms with Crippen molar-refractivity contribution in [2.75, 3.05) is 0 Å². The number of nitrogens with zero attached hydrogens (tertiary/aromatic N) is 2. The summed E-state index contributed by atoms with van der Waals surface area (Å²) in [6.45, 7) is 10.1. The van der Waals surface area contributed by atoms with Gasteiger partial charge < -0.3 is 5.32 Å². The number of benzene rings is 1. The first-order chi connectivity index (χ1) is 10.7. The van der Waals surface area contributed by atoms with Gasteiger partial charge in [-0.1, -0.05) is 23.9 Å². The summed E-state index contributed by atoms with van der Waals surface area (Å²) in [6.07, 6.45) is 0. The Kier molecular flexibility index (Phi) is 5.14. The lowest BCUT2D eigenvalue weighted by molar-refractivity contribution is -0.121. The van der Waals surface area contributed by atoms with Gasteiger partial charge in [0.15, 0.2) is 5.16 Å². The molecule has 1 aromatic carbocycles. The predicted molar refractivity (Wildman–Crippen MR) is 94.9 cm³/mol. The molecule has 0 radical (unpaired) electrons. The van der Waals surface area contributed by atoms with Gasteiger partial charge in [0.2, 0.25) is 5.91 Å². The third kappa shape index (κ3) is 4.13. The maximum absolute atomic E-state index is 12.6. The van der Waals surface area contributed by atoms with E-state index in [1.807, 2.05) is 52.8 Å². The molecule has 2 aromatic rings. The molecule has 0 spiro atoms. The van der Waals surface area contributed by atoms with Gasteiger partial charge in [-0.05, 0) is 46.8 Å². The van der Waals surface area contributed by atoms with Gasteiger partial charge in [0.1, 0.15) is 0 Å². The van der Waals surface area contributed by atoms with Gasteiger partial charge in [-0.3, -0.25) is 14.2 Å². The van der Waals surface area contributed by atoms with Crippen LogP contribution in [0.3, 0.4) is 0 Å². The van der Waals surface area contributed by atoms with E-state index in [9.17, 15) is 9.59 Å². The number of hydrogen-bond acceptors (Lipinski definition) is 4. The summed E-state index contributed by atoms with van der Waals surface area (Å²) in [5.74, 6) is -0.0624. The molecule has 5 nitrogen and oxygen atoms in total. The molecule has 1 heterocycles. The Balaban J connectivity index is 2.36. The second-order valence-electron chi connectivity index (χ2n) is 6.46. The smallest absolute Gasteiger partial charge is 0.262 e. The van der Waals surface area contributed by atoms with Crippen LogP contribution >= 0.6 is 11.8 Å². The first kappa shape index (κ1) is 17.5. The SMILES string of the molecule is CCn1c(SC(C)C(=O)NC(C)(C)C)nc2ccccc2c1=O. The second kappa shape index (κ2) is 6.74. The molecule has 1 unspecified atom stereocenters. The second-order valence-corrected chi connectivity index (χ2v) is 7.77. The van der Waals surface area contributed by atoms with Crippen molar-refractivity contribution in [3.8, 4) is 0 Å². The lowest BCUT2D eigenvalue weighted by Crippen LogP contribution is -2.44. The van der Waals surface area contributed by atoms with Crippen LogP contribution in [0.1, 0.15) is 34.6 Å². The number of carbonyl (C=O) groups excluding carboxylic acids is 1. The van der Waals surface area contributed by atoms with Crippen molar-refractivity contribution >= 4 is 28.6 Å². The summed E-state index contributed by atoms with van der Waals surface area (Å²) < 4.78 is 1.62. The molecule has 2 rings (SSSR count). The third-order valence-corrected chi connectivity index (χ3v) is 4.38. The third-order valence-electron chi connectivity index (χ3n) is 3.29. The van der Waals surface area contributed by atoms with E-state index in [4.69, 9.17) is 0 Å². The topological polar surface area (TPSA) is 64.0 Å². The average molecular weight is 333 g/mol. The van der Waals surface area contributed by atoms with Crippen molar-refractivity contribution in [2.24, 2.45) is 0 Å². The number of hydrogen-bond donors (Lipinski definition) is 1. The quantitative estimate of drug-likeness (QED) is 0.690. The fourth-order valence-corrected chi connectivity index (χ4v) is 3.17. The molecule has 0 fully saturated rings.